The lowest BCUT2D eigenvalue weighted by Crippen LogP contribution is -2.31. The number of amides is 1. The van der Waals surface area contributed by atoms with E-state index in [2.05, 4.69) is 11.9 Å². The summed E-state index contributed by atoms with van der Waals surface area (Å²) in [6.45, 7) is 3.64. The number of halogens is 1. The van der Waals surface area contributed by atoms with E-state index in [4.69, 9.17) is 11.6 Å². The summed E-state index contributed by atoms with van der Waals surface area (Å²) in [6, 6.07) is 17.7. The molecular weight excluding hydrogens is 510 g/mol. The molecular formula is C24H24ClN3O5S2. The molecule has 0 spiro atoms. The molecule has 1 N–H and O–H groups in total. The van der Waals surface area contributed by atoms with Gasteiger partial charge in [-0.1, -0.05) is 29.8 Å². The minimum Gasteiger partial charge on any atom is -0.322 e. The molecule has 3 aromatic rings. The van der Waals surface area contributed by atoms with Crippen molar-refractivity contribution in [2.75, 3.05) is 30.3 Å². The number of nitrogens with zero attached hydrogens (tertiary/aromatic N) is 2. The molecule has 11 heteroatoms. The van der Waals surface area contributed by atoms with Crippen LogP contribution in [0.3, 0.4) is 0 Å². The van der Waals surface area contributed by atoms with Crippen molar-refractivity contribution in [3.63, 3.8) is 0 Å². The van der Waals surface area contributed by atoms with Gasteiger partial charge in [-0.25, -0.2) is 21.1 Å². The van der Waals surface area contributed by atoms with Crippen LogP contribution in [0.25, 0.3) is 0 Å². The fourth-order valence-electron chi connectivity index (χ4n) is 3.14. The van der Waals surface area contributed by atoms with Crippen LogP contribution in [0, 0.1) is 0 Å². The summed E-state index contributed by atoms with van der Waals surface area (Å²) < 4.78 is 53.8. The van der Waals surface area contributed by atoms with Crippen LogP contribution in [-0.4, -0.2) is 47.7 Å². The zero-order valence-electron chi connectivity index (χ0n) is 19.0. The molecule has 35 heavy (non-hydrogen) atoms. The summed E-state index contributed by atoms with van der Waals surface area (Å²) in [6.07, 6.45) is 1.46. The lowest BCUT2D eigenvalue weighted by atomic mass is 10.2. The maximum Gasteiger partial charge on any atom is 0.264 e. The average Bonchev–Trinajstić information content (AvgIpc) is 2.83. The SMILES string of the molecule is C=CCN(c1ccc(Cl)cc1)S(=O)(=O)c1cccc(C(=O)Nc2cccc(S(=O)(=O)N(C)C)c2)c1. The lowest BCUT2D eigenvalue weighted by molar-refractivity contribution is 0.102. The molecule has 0 bridgehead atoms. The highest BCUT2D eigenvalue weighted by molar-refractivity contribution is 7.92. The van der Waals surface area contributed by atoms with Crippen molar-refractivity contribution in [2.45, 2.75) is 9.79 Å². The van der Waals surface area contributed by atoms with E-state index in [1.165, 1.54) is 62.6 Å². The van der Waals surface area contributed by atoms with Crippen LogP contribution in [-0.2, 0) is 20.0 Å². The summed E-state index contributed by atoms with van der Waals surface area (Å²) in [5.74, 6) is -0.594. The zero-order valence-corrected chi connectivity index (χ0v) is 21.4. The van der Waals surface area contributed by atoms with E-state index in [1.54, 1.807) is 30.3 Å². The summed E-state index contributed by atoms with van der Waals surface area (Å²) in [7, 11) is -4.91. The predicted octanol–water partition coefficient (Wildman–Crippen LogP) is 4.22. The van der Waals surface area contributed by atoms with Gasteiger partial charge in [0.2, 0.25) is 10.0 Å². The molecule has 0 saturated heterocycles. The number of nitrogens with one attached hydrogen (secondary N) is 1. The van der Waals surface area contributed by atoms with Gasteiger partial charge in [0, 0.05) is 30.4 Å². The molecule has 0 atom stereocenters. The Labute approximate surface area is 210 Å². The largest absolute Gasteiger partial charge is 0.322 e. The first kappa shape index (κ1) is 26.4. The molecule has 0 fully saturated rings. The van der Waals surface area contributed by atoms with Gasteiger partial charge in [0.15, 0.2) is 0 Å². The van der Waals surface area contributed by atoms with Gasteiger partial charge < -0.3 is 5.32 Å². The third kappa shape index (κ3) is 5.91. The van der Waals surface area contributed by atoms with E-state index in [1.807, 2.05) is 0 Å². The molecule has 0 aliphatic carbocycles. The highest BCUT2D eigenvalue weighted by Gasteiger charge is 2.25. The number of sulfonamides is 2. The van der Waals surface area contributed by atoms with E-state index in [0.717, 1.165) is 8.61 Å². The van der Waals surface area contributed by atoms with Crippen LogP contribution >= 0.6 is 11.6 Å². The standard InChI is InChI=1S/C24H24ClN3O5S2/c1-4-15-28(21-13-11-19(25)12-14-21)35(32,33)22-9-5-7-18(16-22)24(29)26-20-8-6-10-23(17-20)34(30,31)27(2)3/h4-14,16-17H,1,15H2,2-3H3,(H,26,29). The van der Waals surface area contributed by atoms with Crippen molar-refractivity contribution in [2.24, 2.45) is 0 Å². The van der Waals surface area contributed by atoms with Gasteiger partial charge in [-0.05, 0) is 60.7 Å². The Morgan fingerprint density at radius 3 is 2.11 bits per heavy atom. The molecule has 0 aliphatic heterocycles. The Kier molecular flexibility index (Phi) is 8.01. The van der Waals surface area contributed by atoms with Crippen LogP contribution in [0.5, 0.6) is 0 Å². The Balaban J connectivity index is 1.91. The number of anilines is 2. The first-order valence-electron chi connectivity index (χ1n) is 10.3. The average molecular weight is 534 g/mol. The van der Waals surface area contributed by atoms with Crippen LogP contribution in [0.15, 0.2) is 95.2 Å². The van der Waals surface area contributed by atoms with Gasteiger partial charge in [-0.2, -0.15) is 0 Å². The van der Waals surface area contributed by atoms with E-state index < -0.39 is 26.0 Å². The van der Waals surface area contributed by atoms with E-state index >= 15 is 0 Å². The summed E-state index contributed by atoms with van der Waals surface area (Å²) in [5, 5.41) is 3.08. The zero-order chi connectivity index (χ0) is 25.8. The highest BCUT2D eigenvalue weighted by Crippen LogP contribution is 2.26. The van der Waals surface area contributed by atoms with Gasteiger partial charge in [-0.15, -0.1) is 6.58 Å². The monoisotopic (exact) mass is 533 g/mol. The second-order valence-electron chi connectivity index (χ2n) is 7.60. The molecule has 0 aromatic heterocycles. The van der Waals surface area contributed by atoms with Crippen molar-refractivity contribution < 1.29 is 21.6 Å². The minimum atomic E-state index is -4.04. The fraction of sp³-hybridized carbons (Fsp3) is 0.125. The number of rotatable bonds is 9. The second-order valence-corrected chi connectivity index (χ2v) is 12.0. The normalized spacial score (nSPS) is 11.8. The van der Waals surface area contributed by atoms with Gasteiger partial charge in [-0.3, -0.25) is 9.10 Å². The van der Waals surface area contributed by atoms with Crippen molar-refractivity contribution in [1.29, 1.82) is 0 Å². The molecule has 0 aliphatic rings. The predicted molar refractivity (Wildman–Crippen MR) is 138 cm³/mol. The number of carbonyl (C=O) groups excluding carboxylic acids is 1. The Bertz CT molecular complexity index is 1450. The molecule has 184 valence electrons. The molecule has 0 unspecified atom stereocenters. The Hall–Kier alpha value is -3.18. The van der Waals surface area contributed by atoms with Gasteiger partial charge >= 0.3 is 0 Å². The van der Waals surface area contributed by atoms with Gasteiger partial charge in [0.05, 0.1) is 22.0 Å². The Morgan fingerprint density at radius 2 is 1.51 bits per heavy atom. The van der Waals surface area contributed by atoms with E-state index in [9.17, 15) is 21.6 Å². The van der Waals surface area contributed by atoms with E-state index in [-0.39, 0.29) is 27.6 Å². The first-order valence-corrected chi connectivity index (χ1v) is 13.6. The maximum atomic E-state index is 13.4. The van der Waals surface area contributed by atoms with Crippen LogP contribution in [0.1, 0.15) is 10.4 Å². The number of hydrogen-bond donors (Lipinski definition) is 1. The summed E-state index contributed by atoms with van der Waals surface area (Å²) in [5.41, 5.74) is 0.727. The molecule has 1 amide bonds. The molecule has 0 heterocycles. The smallest absolute Gasteiger partial charge is 0.264 e. The van der Waals surface area contributed by atoms with Crippen LogP contribution in [0.2, 0.25) is 5.02 Å². The summed E-state index contributed by atoms with van der Waals surface area (Å²) >= 11 is 5.93. The fourth-order valence-corrected chi connectivity index (χ4v) is 5.70. The minimum absolute atomic E-state index is 0.00747. The van der Waals surface area contributed by atoms with Gasteiger partial charge in [0.1, 0.15) is 0 Å². The van der Waals surface area contributed by atoms with Gasteiger partial charge in [0.25, 0.3) is 15.9 Å². The molecule has 0 radical (unpaired) electrons. The van der Waals surface area contributed by atoms with Crippen molar-refractivity contribution in [3.8, 4) is 0 Å². The topological polar surface area (TPSA) is 104 Å². The third-order valence-corrected chi connectivity index (χ3v) is 8.82. The first-order chi connectivity index (χ1) is 16.5. The van der Waals surface area contributed by atoms with Crippen LogP contribution in [0.4, 0.5) is 11.4 Å². The van der Waals surface area contributed by atoms with E-state index in [0.29, 0.717) is 10.7 Å². The lowest BCUT2D eigenvalue weighted by Gasteiger charge is -2.23. The van der Waals surface area contributed by atoms with Crippen molar-refractivity contribution >= 4 is 48.9 Å². The molecule has 3 aromatic carbocycles. The molecule has 8 nitrogen and oxygen atoms in total. The maximum absolute atomic E-state index is 13.4. The second kappa shape index (κ2) is 10.6. The Morgan fingerprint density at radius 1 is 0.914 bits per heavy atom. The third-order valence-electron chi connectivity index (χ3n) is 4.96. The highest BCUT2D eigenvalue weighted by atomic mass is 35.5. The molecule has 0 saturated carbocycles. The quantitative estimate of drug-likeness (QED) is 0.415. The van der Waals surface area contributed by atoms with Crippen molar-refractivity contribution in [1.82, 2.24) is 4.31 Å². The number of carbonyl (C=O) groups is 1. The summed E-state index contributed by atoms with van der Waals surface area (Å²) in [4.78, 5) is 12.8. The molecule has 3 rings (SSSR count). The number of benzene rings is 3. The van der Waals surface area contributed by atoms with Crippen LogP contribution < -0.4 is 9.62 Å². The van der Waals surface area contributed by atoms with Crippen molar-refractivity contribution in [3.05, 3.63) is 96.0 Å². The number of hydrogen-bond acceptors (Lipinski definition) is 5.